The fourth-order valence-electron chi connectivity index (χ4n) is 2.03. The molecule has 0 aromatic heterocycles. The maximum Gasteiger partial charge on any atom is 0.126 e. The fraction of sp³-hybridized carbons (Fsp3) is 0.600. The number of ether oxygens (including phenoxy) is 1. The van der Waals surface area contributed by atoms with Crippen molar-refractivity contribution < 1.29 is 9.13 Å². The maximum atomic E-state index is 13.8. The molecule has 1 atom stereocenters. The predicted octanol–water partition coefficient (Wildman–Crippen LogP) is 3.33. The van der Waals surface area contributed by atoms with Crippen LogP contribution in [0.4, 0.5) is 4.39 Å². The summed E-state index contributed by atoms with van der Waals surface area (Å²) in [6, 6.07) is 7.47. The van der Waals surface area contributed by atoms with Crippen LogP contribution in [-0.4, -0.2) is 26.3 Å². The zero-order valence-corrected chi connectivity index (χ0v) is 11.6. The van der Waals surface area contributed by atoms with Crippen LogP contribution in [0.3, 0.4) is 0 Å². The SMILES string of the molecule is COCCCC(CNC(C)C)c1ccccc1F. The molecule has 0 saturated heterocycles. The van der Waals surface area contributed by atoms with Crippen molar-refractivity contribution in [2.75, 3.05) is 20.3 Å². The second kappa shape index (κ2) is 8.22. The smallest absolute Gasteiger partial charge is 0.126 e. The summed E-state index contributed by atoms with van der Waals surface area (Å²) in [6.45, 7) is 5.75. The van der Waals surface area contributed by atoms with Gasteiger partial charge in [0.05, 0.1) is 0 Å². The second-order valence-electron chi connectivity index (χ2n) is 4.92. The summed E-state index contributed by atoms with van der Waals surface area (Å²) in [6.07, 6.45) is 1.89. The van der Waals surface area contributed by atoms with Crippen molar-refractivity contribution in [2.45, 2.75) is 38.6 Å². The van der Waals surface area contributed by atoms with Gasteiger partial charge < -0.3 is 10.1 Å². The number of nitrogens with one attached hydrogen (secondary N) is 1. The normalized spacial score (nSPS) is 12.9. The summed E-state index contributed by atoms with van der Waals surface area (Å²) in [5.41, 5.74) is 0.807. The molecule has 0 aliphatic heterocycles. The summed E-state index contributed by atoms with van der Waals surface area (Å²) in [7, 11) is 1.70. The van der Waals surface area contributed by atoms with Gasteiger partial charge in [-0.3, -0.25) is 0 Å². The zero-order valence-electron chi connectivity index (χ0n) is 11.6. The van der Waals surface area contributed by atoms with Crippen molar-refractivity contribution in [1.82, 2.24) is 5.32 Å². The van der Waals surface area contributed by atoms with Crippen molar-refractivity contribution in [3.8, 4) is 0 Å². The molecule has 1 rings (SSSR count). The lowest BCUT2D eigenvalue weighted by Gasteiger charge is -2.20. The van der Waals surface area contributed by atoms with Crippen molar-refractivity contribution >= 4 is 0 Å². The van der Waals surface area contributed by atoms with E-state index in [1.54, 1.807) is 13.2 Å². The van der Waals surface area contributed by atoms with Gasteiger partial charge in [0, 0.05) is 26.3 Å². The molecule has 0 fully saturated rings. The van der Waals surface area contributed by atoms with Crippen LogP contribution in [0.1, 0.15) is 38.2 Å². The second-order valence-corrected chi connectivity index (χ2v) is 4.92. The highest BCUT2D eigenvalue weighted by molar-refractivity contribution is 5.22. The van der Waals surface area contributed by atoms with E-state index < -0.39 is 0 Å². The highest BCUT2D eigenvalue weighted by atomic mass is 19.1. The first-order valence-electron chi connectivity index (χ1n) is 6.62. The Morgan fingerprint density at radius 3 is 2.61 bits per heavy atom. The Balaban J connectivity index is 2.66. The van der Waals surface area contributed by atoms with Crippen molar-refractivity contribution in [3.05, 3.63) is 35.6 Å². The van der Waals surface area contributed by atoms with Crippen LogP contribution in [0.5, 0.6) is 0 Å². The summed E-state index contributed by atoms with van der Waals surface area (Å²) in [4.78, 5) is 0. The topological polar surface area (TPSA) is 21.3 Å². The summed E-state index contributed by atoms with van der Waals surface area (Å²) in [5, 5.41) is 3.39. The van der Waals surface area contributed by atoms with E-state index in [0.29, 0.717) is 6.04 Å². The molecule has 1 aromatic carbocycles. The Morgan fingerprint density at radius 2 is 2.00 bits per heavy atom. The van der Waals surface area contributed by atoms with E-state index in [2.05, 4.69) is 19.2 Å². The average molecular weight is 253 g/mol. The van der Waals surface area contributed by atoms with E-state index in [1.807, 2.05) is 12.1 Å². The molecule has 0 heterocycles. The molecule has 1 unspecified atom stereocenters. The van der Waals surface area contributed by atoms with Crippen LogP contribution < -0.4 is 5.32 Å². The molecule has 0 spiro atoms. The molecular weight excluding hydrogens is 229 g/mol. The van der Waals surface area contributed by atoms with Crippen LogP contribution in [0, 0.1) is 5.82 Å². The monoisotopic (exact) mass is 253 g/mol. The molecule has 3 heteroatoms. The summed E-state index contributed by atoms with van der Waals surface area (Å²) >= 11 is 0. The van der Waals surface area contributed by atoms with Gasteiger partial charge in [0.1, 0.15) is 5.82 Å². The quantitative estimate of drug-likeness (QED) is 0.717. The van der Waals surface area contributed by atoms with Crippen molar-refractivity contribution in [1.29, 1.82) is 0 Å². The lowest BCUT2D eigenvalue weighted by Crippen LogP contribution is -2.28. The van der Waals surface area contributed by atoms with Gasteiger partial charge in [-0.2, -0.15) is 0 Å². The average Bonchev–Trinajstić information content (AvgIpc) is 2.34. The van der Waals surface area contributed by atoms with E-state index in [0.717, 1.165) is 31.6 Å². The Hall–Kier alpha value is -0.930. The lowest BCUT2D eigenvalue weighted by molar-refractivity contribution is 0.190. The highest BCUT2D eigenvalue weighted by Gasteiger charge is 2.15. The lowest BCUT2D eigenvalue weighted by atomic mass is 9.93. The molecule has 0 aliphatic rings. The van der Waals surface area contributed by atoms with Gasteiger partial charge in [-0.1, -0.05) is 32.0 Å². The molecule has 0 radical (unpaired) electrons. The van der Waals surface area contributed by atoms with Crippen molar-refractivity contribution in [2.24, 2.45) is 0 Å². The third kappa shape index (κ3) is 5.15. The van der Waals surface area contributed by atoms with Crippen molar-refractivity contribution in [3.63, 3.8) is 0 Å². The first kappa shape index (κ1) is 15.1. The number of hydrogen-bond acceptors (Lipinski definition) is 2. The summed E-state index contributed by atoms with van der Waals surface area (Å²) in [5.74, 6) is 0.106. The van der Waals surface area contributed by atoms with Crippen LogP contribution in [0.15, 0.2) is 24.3 Å². The predicted molar refractivity (Wildman–Crippen MR) is 73.4 cm³/mol. The Bertz CT molecular complexity index is 341. The maximum absolute atomic E-state index is 13.8. The number of benzene rings is 1. The van der Waals surface area contributed by atoms with Gasteiger partial charge in [-0.05, 0) is 30.4 Å². The Kier molecular flexibility index (Phi) is 6.91. The van der Waals surface area contributed by atoms with Gasteiger partial charge in [-0.15, -0.1) is 0 Å². The van der Waals surface area contributed by atoms with Crippen LogP contribution >= 0.6 is 0 Å². The van der Waals surface area contributed by atoms with E-state index >= 15 is 0 Å². The minimum absolute atomic E-state index is 0.106. The van der Waals surface area contributed by atoms with E-state index in [-0.39, 0.29) is 11.7 Å². The Labute approximate surface area is 110 Å². The standard InChI is InChI=1S/C15H24FNO/c1-12(2)17-11-13(7-6-10-18-3)14-8-4-5-9-15(14)16/h4-5,8-9,12-13,17H,6-7,10-11H2,1-3H3. The highest BCUT2D eigenvalue weighted by Crippen LogP contribution is 2.23. The molecular formula is C15H24FNO. The van der Waals surface area contributed by atoms with Gasteiger partial charge in [-0.25, -0.2) is 4.39 Å². The molecule has 18 heavy (non-hydrogen) atoms. The number of hydrogen-bond donors (Lipinski definition) is 1. The third-order valence-electron chi connectivity index (χ3n) is 3.02. The van der Waals surface area contributed by atoms with E-state index in [9.17, 15) is 4.39 Å². The molecule has 102 valence electrons. The van der Waals surface area contributed by atoms with Gasteiger partial charge in [0.25, 0.3) is 0 Å². The molecule has 0 amide bonds. The number of rotatable bonds is 8. The Morgan fingerprint density at radius 1 is 1.28 bits per heavy atom. The molecule has 0 bridgehead atoms. The van der Waals surface area contributed by atoms with Gasteiger partial charge in [0.15, 0.2) is 0 Å². The molecule has 0 saturated carbocycles. The van der Waals surface area contributed by atoms with Crippen LogP contribution in [0.25, 0.3) is 0 Å². The van der Waals surface area contributed by atoms with Crippen LogP contribution in [-0.2, 0) is 4.74 Å². The summed E-state index contributed by atoms with van der Waals surface area (Å²) < 4.78 is 18.9. The molecule has 0 aliphatic carbocycles. The minimum atomic E-state index is -0.106. The first-order chi connectivity index (χ1) is 8.65. The van der Waals surface area contributed by atoms with Crippen LogP contribution in [0.2, 0.25) is 0 Å². The molecule has 1 N–H and O–H groups in total. The van der Waals surface area contributed by atoms with E-state index in [4.69, 9.17) is 4.74 Å². The van der Waals surface area contributed by atoms with E-state index in [1.165, 1.54) is 6.07 Å². The van der Waals surface area contributed by atoms with Gasteiger partial charge in [0.2, 0.25) is 0 Å². The zero-order chi connectivity index (χ0) is 13.4. The third-order valence-corrected chi connectivity index (χ3v) is 3.02. The number of halogens is 1. The fourth-order valence-corrected chi connectivity index (χ4v) is 2.03. The first-order valence-corrected chi connectivity index (χ1v) is 6.62. The minimum Gasteiger partial charge on any atom is -0.385 e. The molecule has 1 aromatic rings. The van der Waals surface area contributed by atoms with Gasteiger partial charge >= 0.3 is 0 Å². The molecule has 2 nitrogen and oxygen atoms in total. The largest absolute Gasteiger partial charge is 0.385 e. The number of methoxy groups -OCH3 is 1.